The quantitative estimate of drug-likeness (QED) is 0.607. The Hall–Kier alpha value is -1.15. The summed E-state index contributed by atoms with van der Waals surface area (Å²) in [5.41, 5.74) is 6.83. The predicted molar refractivity (Wildman–Crippen MR) is 85.9 cm³/mol. The summed E-state index contributed by atoms with van der Waals surface area (Å²) in [5.74, 6) is 0.184. The summed E-state index contributed by atoms with van der Waals surface area (Å²) in [4.78, 5) is 12.2. The van der Waals surface area contributed by atoms with Gasteiger partial charge in [0, 0.05) is 13.0 Å². The van der Waals surface area contributed by atoms with Crippen LogP contribution in [0.1, 0.15) is 69.8 Å². The van der Waals surface area contributed by atoms with E-state index in [-0.39, 0.29) is 5.92 Å². The molecule has 0 radical (unpaired) electrons. The minimum absolute atomic E-state index is 0.115. The van der Waals surface area contributed by atoms with E-state index >= 15 is 0 Å². The van der Waals surface area contributed by atoms with E-state index in [1.54, 1.807) is 0 Å². The van der Waals surface area contributed by atoms with Gasteiger partial charge in [-0.15, -0.1) is 0 Å². The molecular weight excluding hydrogens is 246 g/mol. The maximum Gasteiger partial charge on any atom is 0.141 e. The highest BCUT2D eigenvalue weighted by molar-refractivity contribution is 5.85. The van der Waals surface area contributed by atoms with Gasteiger partial charge in [-0.25, -0.2) is 0 Å². The lowest BCUT2D eigenvalue weighted by Gasteiger charge is -2.13. The van der Waals surface area contributed by atoms with Gasteiger partial charge in [-0.2, -0.15) is 0 Å². The number of ketones is 1. The van der Waals surface area contributed by atoms with Gasteiger partial charge in [-0.1, -0.05) is 75.8 Å². The van der Waals surface area contributed by atoms with E-state index in [1.165, 1.54) is 38.5 Å². The van der Waals surface area contributed by atoms with Crippen LogP contribution < -0.4 is 5.73 Å². The van der Waals surface area contributed by atoms with Crippen LogP contribution in [-0.4, -0.2) is 12.3 Å². The van der Waals surface area contributed by atoms with Crippen LogP contribution in [0.15, 0.2) is 30.3 Å². The maximum absolute atomic E-state index is 12.2. The van der Waals surface area contributed by atoms with Gasteiger partial charge in [0.2, 0.25) is 0 Å². The molecule has 0 saturated heterocycles. The van der Waals surface area contributed by atoms with Crippen LogP contribution in [0.3, 0.4) is 0 Å². The average Bonchev–Trinajstić information content (AvgIpc) is 2.48. The van der Waals surface area contributed by atoms with Crippen LogP contribution in [0.2, 0.25) is 0 Å². The molecule has 0 spiro atoms. The summed E-state index contributed by atoms with van der Waals surface area (Å²) in [6, 6.07) is 9.91. The van der Waals surface area contributed by atoms with E-state index in [1.807, 2.05) is 30.3 Å². The first-order valence-electron chi connectivity index (χ1n) is 8.07. The molecule has 1 atom stereocenters. The minimum atomic E-state index is -0.115. The number of carbonyl (C=O) groups excluding carboxylic acids is 1. The molecule has 1 unspecified atom stereocenters. The Balaban J connectivity index is 2.24. The summed E-state index contributed by atoms with van der Waals surface area (Å²) in [6.07, 6.45) is 9.36. The predicted octanol–water partition coefficient (Wildman–Crippen LogP) is 4.44. The maximum atomic E-state index is 12.2. The van der Waals surface area contributed by atoms with Gasteiger partial charge in [0.15, 0.2) is 0 Å². The number of hydrogen-bond acceptors (Lipinski definition) is 2. The van der Waals surface area contributed by atoms with E-state index in [9.17, 15) is 4.79 Å². The van der Waals surface area contributed by atoms with Crippen molar-refractivity contribution in [3.63, 3.8) is 0 Å². The van der Waals surface area contributed by atoms with Crippen molar-refractivity contribution in [2.75, 3.05) is 6.54 Å². The van der Waals surface area contributed by atoms with Crippen LogP contribution >= 0.6 is 0 Å². The van der Waals surface area contributed by atoms with Gasteiger partial charge in [0.25, 0.3) is 0 Å². The second-order valence-electron chi connectivity index (χ2n) is 5.54. The van der Waals surface area contributed by atoms with Crippen molar-refractivity contribution in [1.29, 1.82) is 0 Å². The third-order valence-corrected chi connectivity index (χ3v) is 3.85. The molecule has 2 nitrogen and oxygen atoms in total. The standard InChI is InChI=1S/C18H29NO/c1-2-3-4-5-6-7-11-14-18(20)17(15-19)16-12-9-8-10-13-16/h8-10,12-13,17H,2-7,11,14-15,19H2,1H3. The van der Waals surface area contributed by atoms with Gasteiger partial charge in [0.1, 0.15) is 5.78 Å². The molecule has 1 aromatic rings. The van der Waals surface area contributed by atoms with Crippen molar-refractivity contribution in [3.05, 3.63) is 35.9 Å². The fourth-order valence-corrected chi connectivity index (χ4v) is 2.57. The largest absolute Gasteiger partial charge is 0.329 e. The highest BCUT2D eigenvalue weighted by atomic mass is 16.1. The van der Waals surface area contributed by atoms with Crippen LogP contribution in [-0.2, 0) is 4.79 Å². The van der Waals surface area contributed by atoms with Crippen molar-refractivity contribution in [1.82, 2.24) is 0 Å². The second kappa shape index (κ2) is 10.6. The number of hydrogen-bond donors (Lipinski definition) is 1. The monoisotopic (exact) mass is 275 g/mol. The number of benzene rings is 1. The lowest BCUT2D eigenvalue weighted by atomic mass is 9.91. The molecule has 0 amide bonds. The first-order valence-corrected chi connectivity index (χ1v) is 8.07. The molecule has 0 saturated carbocycles. The highest BCUT2D eigenvalue weighted by Crippen LogP contribution is 2.19. The Morgan fingerprint density at radius 2 is 1.60 bits per heavy atom. The fraction of sp³-hybridized carbons (Fsp3) is 0.611. The van der Waals surface area contributed by atoms with Crippen molar-refractivity contribution >= 4 is 5.78 Å². The Labute approximate surface area is 123 Å². The third-order valence-electron chi connectivity index (χ3n) is 3.85. The number of unbranched alkanes of at least 4 members (excludes halogenated alkanes) is 6. The Morgan fingerprint density at radius 1 is 1.00 bits per heavy atom. The number of carbonyl (C=O) groups is 1. The lowest BCUT2D eigenvalue weighted by molar-refractivity contribution is -0.120. The molecule has 2 N–H and O–H groups in total. The molecule has 20 heavy (non-hydrogen) atoms. The fourth-order valence-electron chi connectivity index (χ4n) is 2.57. The van der Waals surface area contributed by atoms with Crippen LogP contribution in [0.4, 0.5) is 0 Å². The number of rotatable bonds is 11. The second-order valence-corrected chi connectivity index (χ2v) is 5.54. The molecule has 0 aliphatic rings. The zero-order valence-corrected chi connectivity index (χ0v) is 12.8. The van der Waals surface area contributed by atoms with E-state index < -0.39 is 0 Å². The van der Waals surface area contributed by atoms with Crippen molar-refractivity contribution in [2.24, 2.45) is 5.73 Å². The number of nitrogens with two attached hydrogens (primary N) is 1. The molecule has 0 aromatic heterocycles. The summed E-state index contributed by atoms with van der Waals surface area (Å²) in [5, 5.41) is 0. The summed E-state index contributed by atoms with van der Waals surface area (Å²) < 4.78 is 0. The first kappa shape index (κ1) is 16.9. The summed E-state index contributed by atoms with van der Waals surface area (Å²) in [7, 11) is 0. The zero-order chi connectivity index (χ0) is 14.6. The van der Waals surface area contributed by atoms with E-state index in [2.05, 4.69) is 6.92 Å². The van der Waals surface area contributed by atoms with Gasteiger partial charge in [-0.3, -0.25) is 4.79 Å². The highest BCUT2D eigenvalue weighted by Gasteiger charge is 2.17. The molecule has 0 bridgehead atoms. The molecule has 1 rings (SSSR count). The van der Waals surface area contributed by atoms with Crippen LogP contribution in [0.5, 0.6) is 0 Å². The van der Waals surface area contributed by atoms with E-state index in [0.29, 0.717) is 18.7 Å². The normalized spacial score (nSPS) is 12.3. The van der Waals surface area contributed by atoms with Crippen LogP contribution in [0.25, 0.3) is 0 Å². The van der Waals surface area contributed by atoms with Gasteiger partial charge >= 0.3 is 0 Å². The van der Waals surface area contributed by atoms with E-state index in [4.69, 9.17) is 5.73 Å². The Bertz CT molecular complexity index is 361. The molecular formula is C18H29NO. The molecule has 2 heteroatoms. The molecule has 0 heterocycles. The van der Waals surface area contributed by atoms with Crippen molar-refractivity contribution < 1.29 is 4.79 Å². The summed E-state index contributed by atoms with van der Waals surface area (Å²) >= 11 is 0. The zero-order valence-electron chi connectivity index (χ0n) is 12.8. The van der Waals surface area contributed by atoms with Gasteiger partial charge in [-0.05, 0) is 12.0 Å². The molecule has 0 fully saturated rings. The third kappa shape index (κ3) is 6.33. The first-order chi connectivity index (χ1) is 9.79. The van der Waals surface area contributed by atoms with E-state index in [0.717, 1.165) is 12.0 Å². The van der Waals surface area contributed by atoms with Gasteiger partial charge < -0.3 is 5.73 Å². The molecule has 0 aliphatic carbocycles. The Kier molecular flexibility index (Phi) is 8.97. The smallest absolute Gasteiger partial charge is 0.141 e. The molecule has 112 valence electrons. The van der Waals surface area contributed by atoms with Gasteiger partial charge in [0.05, 0.1) is 5.92 Å². The van der Waals surface area contributed by atoms with Crippen molar-refractivity contribution in [3.8, 4) is 0 Å². The number of Topliss-reactive ketones (excluding diaryl/α,β-unsaturated/α-hetero) is 1. The minimum Gasteiger partial charge on any atom is -0.329 e. The topological polar surface area (TPSA) is 43.1 Å². The SMILES string of the molecule is CCCCCCCCCC(=O)C(CN)c1ccccc1. The average molecular weight is 275 g/mol. The molecule has 1 aromatic carbocycles. The lowest BCUT2D eigenvalue weighted by Crippen LogP contribution is -2.21. The summed E-state index contributed by atoms with van der Waals surface area (Å²) in [6.45, 7) is 2.65. The van der Waals surface area contributed by atoms with Crippen LogP contribution in [0, 0.1) is 0 Å². The molecule has 0 aliphatic heterocycles. The Morgan fingerprint density at radius 3 is 2.20 bits per heavy atom. The van der Waals surface area contributed by atoms with Crippen molar-refractivity contribution in [2.45, 2.75) is 64.2 Å².